The lowest BCUT2D eigenvalue weighted by Gasteiger charge is -2.19. The predicted molar refractivity (Wildman–Crippen MR) is 81.6 cm³/mol. The zero-order valence-electron chi connectivity index (χ0n) is 11.9. The van der Waals surface area contributed by atoms with Crippen LogP contribution in [0.3, 0.4) is 0 Å². The van der Waals surface area contributed by atoms with E-state index in [1.54, 1.807) is 26.4 Å². The maximum atomic E-state index is 13.5. The second kappa shape index (κ2) is 6.78. The lowest BCUT2D eigenvalue weighted by atomic mass is 9.97. The first kappa shape index (κ1) is 15.6. The van der Waals surface area contributed by atoms with E-state index < -0.39 is 11.9 Å². The number of ether oxygens (including phenoxy) is 2. The molecule has 0 fully saturated rings. The molecule has 0 heterocycles. The fourth-order valence-electron chi connectivity index (χ4n) is 2.29. The average Bonchev–Trinajstić information content (AvgIpc) is 2.50. The third kappa shape index (κ3) is 3.28. The van der Waals surface area contributed by atoms with E-state index in [0.717, 1.165) is 5.56 Å². The van der Waals surface area contributed by atoms with E-state index in [0.29, 0.717) is 23.5 Å². The van der Waals surface area contributed by atoms with E-state index in [9.17, 15) is 4.39 Å². The van der Waals surface area contributed by atoms with Crippen LogP contribution in [0.25, 0.3) is 0 Å². The zero-order valence-corrected chi connectivity index (χ0v) is 12.7. The number of hydrogen-bond donors (Lipinski definition) is 1. The second-order valence-electron chi connectivity index (χ2n) is 4.60. The van der Waals surface area contributed by atoms with E-state index in [-0.39, 0.29) is 5.02 Å². The molecule has 0 aromatic heterocycles. The highest BCUT2D eigenvalue weighted by Gasteiger charge is 2.19. The van der Waals surface area contributed by atoms with Crippen molar-refractivity contribution < 1.29 is 13.9 Å². The van der Waals surface area contributed by atoms with Crippen LogP contribution in [0.2, 0.25) is 5.02 Å². The fourth-order valence-corrected chi connectivity index (χ4v) is 2.49. The highest BCUT2D eigenvalue weighted by molar-refractivity contribution is 6.31. The van der Waals surface area contributed by atoms with E-state index in [4.69, 9.17) is 26.8 Å². The molecule has 5 heteroatoms. The number of hydrogen-bond acceptors (Lipinski definition) is 3. The Morgan fingerprint density at radius 2 is 1.67 bits per heavy atom. The van der Waals surface area contributed by atoms with Crippen molar-refractivity contribution >= 4 is 11.6 Å². The molecular formula is C16H17ClFNO2. The Bertz CT molecular complexity index is 611. The summed E-state index contributed by atoms with van der Waals surface area (Å²) >= 11 is 5.98. The Labute approximate surface area is 128 Å². The molecule has 2 aromatic rings. The molecule has 0 bridgehead atoms. The van der Waals surface area contributed by atoms with Crippen molar-refractivity contribution in [2.75, 3.05) is 14.2 Å². The molecule has 0 aliphatic rings. The maximum Gasteiger partial charge on any atom is 0.142 e. The molecule has 112 valence electrons. The Balaban J connectivity index is 2.36. The van der Waals surface area contributed by atoms with Gasteiger partial charge in [-0.05, 0) is 30.2 Å². The van der Waals surface area contributed by atoms with Crippen molar-refractivity contribution in [3.63, 3.8) is 0 Å². The minimum Gasteiger partial charge on any atom is -0.496 e. The molecule has 2 N–H and O–H groups in total. The Hall–Kier alpha value is -1.78. The third-order valence-corrected chi connectivity index (χ3v) is 3.73. The number of rotatable bonds is 5. The van der Waals surface area contributed by atoms with Gasteiger partial charge in [0, 0.05) is 6.04 Å². The van der Waals surface area contributed by atoms with Crippen LogP contribution in [-0.2, 0) is 6.42 Å². The summed E-state index contributed by atoms with van der Waals surface area (Å²) in [6, 6.07) is 9.71. The second-order valence-corrected chi connectivity index (χ2v) is 4.98. The van der Waals surface area contributed by atoms with Gasteiger partial charge in [-0.25, -0.2) is 4.39 Å². The van der Waals surface area contributed by atoms with Crippen LogP contribution in [-0.4, -0.2) is 14.2 Å². The van der Waals surface area contributed by atoms with Gasteiger partial charge in [0.05, 0.1) is 24.8 Å². The molecule has 0 saturated heterocycles. The van der Waals surface area contributed by atoms with Crippen LogP contribution in [0, 0.1) is 5.82 Å². The Morgan fingerprint density at radius 1 is 1.10 bits per heavy atom. The quantitative estimate of drug-likeness (QED) is 0.915. The molecule has 3 nitrogen and oxygen atoms in total. The summed E-state index contributed by atoms with van der Waals surface area (Å²) in [5, 5.41) is 0.0989. The SMILES string of the molecule is COc1cccc(OC)c1C(N)Cc1cccc(F)c1Cl. The summed E-state index contributed by atoms with van der Waals surface area (Å²) < 4.78 is 24.2. The van der Waals surface area contributed by atoms with Crippen LogP contribution in [0.5, 0.6) is 11.5 Å². The van der Waals surface area contributed by atoms with Gasteiger partial charge in [0.15, 0.2) is 0 Å². The largest absolute Gasteiger partial charge is 0.496 e. The molecule has 0 aliphatic carbocycles. The summed E-state index contributed by atoms with van der Waals surface area (Å²) in [6.45, 7) is 0. The van der Waals surface area contributed by atoms with Gasteiger partial charge in [0.2, 0.25) is 0 Å². The molecule has 0 aliphatic heterocycles. The molecule has 1 atom stereocenters. The molecule has 0 spiro atoms. The molecule has 0 radical (unpaired) electrons. The van der Waals surface area contributed by atoms with Gasteiger partial charge < -0.3 is 15.2 Å². The van der Waals surface area contributed by atoms with Crippen molar-refractivity contribution in [1.29, 1.82) is 0 Å². The van der Waals surface area contributed by atoms with Gasteiger partial charge in [0.25, 0.3) is 0 Å². The van der Waals surface area contributed by atoms with E-state index >= 15 is 0 Å². The number of nitrogens with two attached hydrogens (primary N) is 1. The van der Waals surface area contributed by atoms with Gasteiger partial charge in [-0.1, -0.05) is 29.8 Å². The fraction of sp³-hybridized carbons (Fsp3) is 0.250. The van der Waals surface area contributed by atoms with Gasteiger partial charge in [-0.3, -0.25) is 0 Å². The van der Waals surface area contributed by atoms with Gasteiger partial charge in [-0.2, -0.15) is 0 Å². The molecule has 21 heavy (non-hydrogen) atoms. The first-order chi connectivity index (χ1) is 10.1. The van der Waals surface area contributed by atoms with Crippen LogP contribution < -0.4 is 15.2 Å². The summed E-state index contributed by atoms with van der Waals surface area (Å²) in [5.74, 6) is 0.817. The minimum absolute atomic E-state index is 0.0989. The van der Waals surface area contributed by atoms with Gasteiger partial charge in [0.1, 0.15) is 17.3 Å². The van der Waals surface area contributed by atoms with Crippen LogP contribution in [0.1, 0.15) is 17.2 Å². The smallest absolute Gasteiger partial charge is 0.142 e. The molecular weight excluding hydrogens is 293 g/mol. The number of benzene rings is 2. The van der Waals surface area contributed by atoms with Crippen molar-refractivity contribution in [3.05, 3.63) is 58.4 Å². The Kier molecular flexibility index (Phi) is 5.04. The maximum absolute atomic E-state index is 13.5. The summed E-state index contributed by atoms with van der Waals surface area (Å²) in [7, 11) is 3.14. The van der Waals surface area contributed by atoms with Gasteiger partial charge >= 0.3 is 0 Å². The summed E-state index contributed by atoms with van der Waals surface area (Å²) in [5.41, 5.74) is 7.65. The van der Waals surface area contributed by atoms with Crippen molar-refractivity contribution in [2.24, 2.45) is 5.73 Å². The number of methoxy groups -OCH3 is 2. The van der Waals surface area contributed by atoms with Crippen LogP contribution in [0.15, 0.2) is 36.4 Å². The van der Waals surface area contributed by atoms with Gasteiger partial charge in [-0.15, -0.1) is 0 Å². The van der Waals surface area contributed by atoms with Crippen molar-refractivity contribution in [3.8, 4) is 11.5 Å². The molecule has 2 aromatic carbocycles. The van der Waals surface area contributed by atoms with E-state index in [2.05, 4.69) is 0 Å². The minimum atomic E-state index is -0.451. The zero-order chi connectivity index (χ0) is 15.4. The topological polar surface area (TPSA) is 44.5 Å². The lowest BCUT2D eigenvalue weighted by Crippen LogP contribution is -2.16. The number of halogens is 2. The normalized spacial score (nSPS) is 12.0. The van der Waals surface area contributed by atoms with Crippen LogP contribution in [0.4, 0.5) is 4.39 Å². The van der Waals surface area contributed by atoms with E-state index in [1.165, 1.54) is 6.07 Å². The highest BCUT2D eigenvalue weighted by Crippen LogP contribution is 2.35. The van der Waals surface area contributed by atoms with E-state index in [1.807, 2.05) is 18.2 Å². The van der Waals surface area contributed by atoms with Crippen molar-refractivity contribution in [1.82, 2.24) is 0 Å². The monoisotopic (exact) mass is 309 g/mol. The molecule has 0 amide bonds. The summed E-state index contributed by atoms with van der Waals surface area (Å²) in [6.07, 6.45) is 0.382. The first-order valence-electron chi connectivity index (χ1n) is 6.47. The highest BCUT2D eigenvalue weighted by atomic mass is 35.5. The molecule has 2 rings (SSSR count). The average molecular weight is 310 g/mol. The first-order valence-corrected chi connectivity index (χ1v) is 6.85. The molecule has 0 saturated carbocycles. The summed E-state index contributed by atoms with van der Waals surface area (Å²) in [4.78, 5) is 0. The van der Waals surface area contributed by atoms with Crippen LogP contribution >= 0.6 is 11.6 Å². The Morgan fingerprint density at radius 3 is 2.24 bits per heavy atom. The third-order valence-electron chi connectivity index (χ3n) is 3.31. The standard InChI is InChI=1S/C16H17ClFNO2/c1-20-13-7-4-8-14(21-2)15(13)12(19)9-10-5-3-6-11(18)16(10)17/h3-8,12H,9,19H2,1-2H3. The molecule has 1 unspecified atom stereocenters. The lowest BCUT2D eigenvalue weighted by molar-refractivity contribution is 0.379. The predicted octanol–water partition coefficient (Wildman–Crippen LogP) is 3.74. The van der Waals surface area contributed by atoms with Crippen molar-refractivity contribution in [2.45, 2.75) is 12.5 Å².